The van der Waals surface area contributed by atoms with E-state index in [0.717, 1.165) is 38.3 Å². The largest absolute Gasteiger partial charge is 0.416 e. The van der Waals surface area contributed by atoms with Crippen molar-refractivity contribution in [1.82, 2.24) is 0 Å². The van der Waals surface area contributed by atoms with Gasteiger partial charge >= 0.3 is 5.97 Å². The van der Waals surface area contributed by atoms with Gasteiger partial charge in [0.2, 0.25) is 0 Å². The highest BCUT2D eigenvalue weighted by molar-refractivity contribution is 6.26. The first-order chi connectivity index (χ1) is 10.6. The van der Waals surface area contributed by atoms with Crippen molar-refractivity contribution in [3.63, 3.8) is 0 Å². The second kappa shape index (κ2) is 14.6. The number of nitrogens with two attached hydrogens (primary N) is 2. The summed E-state index contributed by atoms with van der Waals surface area (Å²) in [5, 5.41) is 0. The van der Waals surface area contributed by atoms with E-state index < -0.39 is 15.7 Å². The van der Waals surface area contributed by atoms with Gasteiger partial charge in [-0.15, -0.1) is 0 Å². The van der Waals surface area contributed by atoms with Gasteiger partial charge < -0.3 is 30.1 Å². The molecular formula is C15H36N2O4Si. The normalized spacial score (nSPS) is 14.0. The predicted molar refractivity (Wildman–Crippen MR) is 92.4 cm³/mol. The van der Waals surface area contributed by atoms with Gasteiger partial charge in [0, 0.05) is 25.9 Å². The second-order valence-electron chi connectivity index (χ2n) is 5.22. The van der Waals surface area contributed by atoms with E-state index in [-0.39, 0.29) is 6.04 Å². The van der Waals surface area contributed by atoms with Crippen LogP contribution in [-0.2, 0) is 18.6 Å². The van der Waals surface area contributed by atoms with E-state index in [2.05, 4.69) is 0 Å². The molecule has 0 bridgehead atoms. The minimum absolute atomic E-state index is 0.270. The molecular weight excluding hydrogens is 300 g/mol. The zero-order valence-electron chi connectivity index (χ0n) is 14.6. The maximum Gasteiger partial charge on any atom is 0.306 e. The van der Waals surface area contributed by atoms with Crippen molar-refractivity contribution in [3.8, 4) is 0 Å². The van der Waals surface area contributed by atoms with Crippen LogP contribution in [0, 0.1) is 0 Å². The van der Waals surface area contributed by atoms with E-state index in [1.54, 1.807) is 0 Å². The molecule has 1 atom stereocenters. The third-order valence-electron chi connectivity index (χ3n) is 3.26. The van der Waals surface area contributed by atoms with Gasteiger partial charge in [0.1, 0.15) is 6.61 Å². The Bertz CT molecular complexity index is 231. The topological polar surface area (TPSA) is 89.0 Å². The highest BCUT2D eigenvalue weighted by Gasteiger charge is 2.32. The minimum Gasteiger partial charge on any atom is -0.416 e. The first-order valence-electron chi connectivity index (χ1n) is 8.59. The van der Waals surface area contributed by atoms with E-state index >= 15 is 0 Å². The quantitative estimate of drug-likeness (QED) is 0.249. The number of rotatable bonds is 16. The van der Waals surface area contributed by atoms with Gasteiger partial charge in [-0.25, -0.2) is 0 Å². The maximum atomic E-state index is 6.02. The smallest absolute Gasteiger partial charge is 0.306 e. The lowest BCUT2D eigenvalue weighted by Gasteiger charge is -2.32. The average Bonchev–Trinajstić information content (AvgIpc) is 2.49. The number of hydrogen-bond acceptors (Lipinski definition) is 6. The van der Waals surface area contributed by atoms with Crippen LogP contribution in [0.4, 0.5) is 0 Å². The fourth-order valence-electron chi connectivity index (χ4n) is 2.24. The molecule has 0 radical (unpaired) electrons. The molecule has 0 heterocycles. The third kappa shape index (κ3) is 10.7. The molecule has 4 N–H and O–H groups in total. The number of hydrogen-bond donors (Lipinski definition) is 2. The summed E-state index contributed by atoms with van der Waals surface area (Å²) in [6, 6.07) is 1.38. The molecule has 0 aliphatic rings. The van der Waals surface area contributed by atoms with Gasteiger partial charge in [-0.2, -0.15) is 0 Å². The summed E-state index contributed by atoms with van der Waals surface area (Å²) in [5.41, 5.74) is 11.5. The average molecular weight is 337 g/mol. The molecule has 1 unspecified atom stereocenters. The van der Waals surface area contributed by atoms with Crippen LogP contribution in [-0.4, -0.2) is 54.8 Å². The fraction of sp³-hybridized carbons (Fsp3) is 1.00. The predicted octanol–water partition coefficient (Wildman–Crippen LogP) is 1.11. The molecule has 0 saturated carbocycles. The van der Waals surface area contributed by atoms with Crippen molar-refractivity contribution in [2.45, 2.75) is 64.5 Å². The molecule has 22 heavy (non-hydrogen) atoms. The first-order valence-corrected chi connectivity index (χ1v) is 10.2. The van der Waals surface area contributed by atoms with Crippen molar-refractivity contribution in [1.29, 1.82) is 0 Å². The van der Waals surface area contributed by atoms with Crippen LogP contribution >= 0.6 is 0 Å². The summed E-state index contributed by atoms with van der Waals surface area (Å²) >= 11 is 0. The lowest BCUT2D eigenvalue weighted by atomic mass is 10.1. The molecule has 0 spiro atoms. The summed E-state index contributed by atoms with van der Waals surface area (Å²) in [4.78, 5) is 0. The first kappa shape index (κ1) is 22.0. The zero-order valence-corrected chi connectivity index (χ0v) is 16.1. The fourth-order valence-corrected chi connectivity index (χ4v) is 3.33. The Kier molecular flexibility index (Phi) is 14.5. The van der Waals surface area contributed by atoms with E-state index in [0.29, 0.717) is 26.4 Å². The minimum atomic E-state index is -1.04. The Labute approximate surface area is 138 Å². The Morgan fingerprint density at radius 2 is 1.50 bits per heavy atom. The van der Waals surface area contributed by atoms with Gasteiger partial charge in [-0.1, -0.05) is 6.42 Å². The van der Waals surface area contributed by atoms with Crippen molar-refractivity contribution in [3.05, 3.63) is 0 Å². The molecule has 0 aliphatic carbocycles. The molecule has 7 heteroatoms. The maximum absolute atomic E-state index is 6.02. The Morgan fingerprint density at radius 3 is 2.00 bits per heavy atom. The molecule has 0 rings (SSSR count). The lowest BCUT2D eigenvalue weighted by molar-refractivity contribution is -0.385. The van der Waals surface area contributed by atoms with Gasteiger partial charge in [0.15, 0.2) is 9.76 Å². The lowest BCUT2D eigenvalue weighted by Crippen LogP contribution is -2.44. The van der Waals surface area contributed by atoms with Gasteiger partial charge in [-0.05, 0) is 52.6 Å². The van der Waals surface area contributed by atoms with Crippen LogP contribution in [0.1, 0.15) is 46.5 Å². The molecule has 0 aromatic carbocycles. The number of ether oxygens (including phenoxy) is 3. The summed E-state index contributed by atoms with van der Waals surface area (Å²) in [6.45, 7) is 8.42. The van der Waals surface area contributed by atoms with Crippen molar-refractivity contribution in [2.24, 2.45) is 11.5 Å². The third-order valence-corrected chi connectivity index (χ3v) is 4.55. The molecule has 0 aromatic rings. The molecule has 0 aromatic heterocycles. The highest BCUT2D eigenvalue weighted by atomic mass is 28.2. The standard InChI is InChI=1S/C15H36N2O4Si/c1-4-18-15(19-5-2,20-6-3)13-21-22-12-8-10-14(17)9-7-11-16/h14H,4-13,16-17,22H2,1-3H3. The molecule has 0 fully saturated rings. The van der Waals surface area contributed by atoms with Gasteiger partial charge in [0.25, 0.3) is 0 Å². The van der Waals surface area contributed by atoms with Crippen LogP contribution < -0.4 is 11.5 Å². The second-order valence-corrected chi connectivity index (χ2v) is 6.75. The molecule has 134 valence electrons. The molecule has 0 aliphatic heterocycles. The van der Waals surface area contributed by atoms with E-state index in [1.807, 2.05) is 20.8 Å². The van der Waals surface area contributed by atoms with Crippen LogP contribution in [0.2, 0.25) is 6.04 Å². The van der Waals surface area contributed by atoms with E-state index in [4.69, 9.17) is 30.1 Å². The van der Waals surface area contributed by atoms with Crippen LogP contribution in [0.5, 0.6) is 0 Å². The summed E-state index contributed by atoms with van der Waals surface area (Å²) in [6.07, 6.45) is 4.18. The Balaban J connectivity index is 3.87. The van der Waals surface area contributed by atoms with Crippen LogP contribution in [0.3, 0.4) is 0 Å². The van der Waals surface area contributed by atoms with Gasteiger partial charge in [-0.3, -0.25) is 0 Å². The van der Waals surface area contributed by atoms with E-state index in [9.17, 15) is 0 Å². The monoisotopic (exact) mass is 336 g/mol. The van der Waals surface area contributed by atoms with Crippen LogP contribution in [0.25, 0.3) is 0 Å². The van der Waals surface area contributed by atoms with Crippen molar-refractivity contribution < 1.29 is 18.6 Å². The van der Waals surface area contributed by atoms with Crippen LogP contribution in [0.15, 0.2) is 0 Å². The Hall–Kier alpha value is -0.0231. The molecule has 0 amide bonds. The van der Waals surface area contributed by atoms with Crippen molar-refractivity contribution in [2.75, 3.05) is 33.0 Å². The zero-order chi connectivity index (χ0) is 16.7. The summed E-state index contributed by atoms with van der Waals surface area (Å²) < 4.78 is 22.7. The summed E-state index contributed by atoms with van der Waals surface area (Å²) in [5.74, 6) is -1.04. The van der Waals surface area contributed by atoms with E-state index in [1.165, 1.54) is 0 Å². The molecule has 0 saturated heterocycles. The molecule has 6 nitrogen and oxygen atoms in total. The van der Waals surface area contributed by atoms with Crippen molar-refractivity contribution >= 4 is 9.76 Å². The Morgan fingerprint density at radius 1 is 0.955 bits per heavy atom. The SMILES string of the molecule is CCOC(CO[SiH2]CCCC(N)CCCN)(OCC)OCC. The highest BCUT2D eigenvalue weighted by Crippen LogP contribution is 2.16. The van der Waals surface area contributed by atoms with Gasteiger partial charge in [0.05, 0.1) is 0 Å². The summed E-state index contributed by atoms with van der Waals surface area (Å²) in [7, 11) is -0.602.